The normalized spacial score (nSPS) is 16.0. The number of hydrogen-bond donors (Lipinski definition) is 1. The molecule has 0 spiro atoms. The third kappa shape index (κ3) is 2.18. The van der Waals surface area contributed by atoms with E-state index in [2.05, 4.69) is 4.98 Å². The Morgan fingerprint density at radius 3 is 2.96 bits per heavy atom. The van der Waals surface area contributed by atoms with Crippen LogP contribution in [0.1, 0.15) is 27.2 Å². The van der Waals surface area contributed by atoms with Crippen molar-refractivity contribution in [3.8, 4) is 11.1 Å². The third-order valence-corrected chi connectivity index (χ3v) is 4.74. The Hall–Kier alpha value is -2.73. The summed E-state index contributed by atoms with van der Waals surface area (Å²) in [6, 6.07) is 5.95. The molecule has 4 rings (SSSR count). The van der Waals surface area contributed by atoms with E-state index in [1.165, 1.54) is 0 Å². The summed E-state index contributed by atoms with van der Waals surface area (Å²) in [6.07, 6.45) is 2.71. The molecule has 6 nitrogen and oxygen atoms in total. The quantitative estimate of drug-likeness (QED) is 0.906. The minimum atomic E-state index is -0.513. The van der Waals surface area contributed by atoms with Gasteiger partial charge in [-0.3, -0.25) is 14.6 Å². The largest absolute Gasteiger partial charge is 0.376 e. The molecule has 2 amide bonds. The second-order valence-corrected chi connectivity index (χ2v) is 6.12. The smallest absolute Gasteiger partial charge is 0.267 e. The number of hydrogen-bond acceptors (Lipinski definition) is 4. The first-order chi connectivity index (χ1) is 11.6. The van der Waals surface area contributed by atoms with Gasteiger partial charge in [0.25, 0.3) is 5.91 Å². The van der Waals surface area contributed by atoms with E-state index in [1.807, 2.05) is 18.2 Å². The molecule has 0 bridgehead atoms. The lowest BCUT2D eigenvalue weighted by Crippen LogP contribution is -2.21. The number of primary amides is 1. The number of carbonyl (C=O) groups is 2. The van der Waals surface area contributed by atoms with Crippen molar-refractivity contribution < 1.29 is 14.3 Å². The van der Waals surface area contributed by atoms with E-state index in [0.717, 1.165) is 33.5 Å². The second-order valence-electron chi connectivity index (χ2n) is 6.12. The number of anilines is 1. The molecule has 3 heterocycles. The van der Waals surface area contributed by atoms with Gasteiger partial charge in [0.05, 0.1) is 19.6 Å². The van der Waals surface area contributed by atoms with Crippen molar-refractivity contribution >= 4 is 17.5 Å². The Balaban J connectivity index is 1.85. The highest BCUT2D eigenvalue weighted by Crippen LogP contribution is 2.35. The second kappa shape index (κ2) is 5.42. The first-order valence-corrected chi connectivity index (χ1v) is 7.84. The van der Waals surface area contributed by atoms with Crippen LogP contribution in [0.2, 0.25) is 0 Å². The number of likely N-dealkylation sites (N-methyl/N-ethyl adjacent to an activating group) is 1. The van der Waals surface area contributed by atoms with Crippen LogP contribution in [0.3, 0.4) is 0 Å². The highest BCUT2D eigenvalue weighted by molar-refractivity contribution is 6.01. The first-order valence-electron chi connectivity index (χ1n) is 7.84. The molecule has 0 atom stereocenters. The molecule has 0 saturated carbocycles. The molecule has 2 aliphatic rings. The summed E-state index contributed by atoms with van der Waals surface area (Å²) >= 11 is 0. The topological polar surface area (TPSA) is 85.5 Å². The molecular weight excluding hydrogens is 306 g/mol. The van der Waals surface area contributed by atoms with Gasteiger partial charge in [0, 0.05) is 24.5 Å². The van der Waals surface area contributed by atoms with Crippen molar-refractivity contribution in [3.63, 3.8) is 0 Å². The Morgan fingerprint density at radius 2 is 2.17 bits per heavy atom. The number of amides is 2. The van der Waals surface area contributed by atoms with E-state index in [9.17, 15) is 9.59 Å². The molecule has 2 aromatic rings. The molecule has 2 aliphatic heterocycles. The van der Waals surface area contributed by atoms with E-state index >= 15 is 0 Å². The van der Waals surface area contributed by atoms with Gasteiger partial charge in [-0.05, 0) is 40.8 Å². The molecule has 24 heavy (non-hydrogen) atoms. The maximum atomic E-state index is 11.9. The molecule has 0 saturated heterocycles. The summed E-state index contributed by atoms with van der Waals surface area (Å²) in [5, 5.41) is 0. The molecule has 0 radical (unpaired) electrons. The first kappa shape index (κ1) is 14.8. The summed E-state index contributed by atoms with van der Waals surface area (Å²) in [5.41, 5.74) is 11.5. The molecule has 122 valence electrons. The number of rotatable bonds is 2. The van der Waals surface area contributed by atoms with Crippen molar-refractivity contribution in [2.75, 3.05) is 18.6 Å². The fourth-order valence-corrected chi connectivity index (χ4v) is 3.47. The number of pyridine rings is 1. The Bertz CT molecular complexity index is 876. The minimum Gasteiger partial charge on any atom is -0.376 e. The summed E-state index contributed by atoms with van der Waals surface area (Å²) in [6.45, 7) is 0.991. The van der Waals surface area contributed by atoms with E-state index < -0.39 is 5.91 Å². The van der Waals surface area contributed by atoms with Crippen LogP contribution in [0.5, 0.6) is 0 Å². The van der Waals surface area contributed by atoms with Crippen LogP contribution in [-0.4, -0.2) is 30.5 Å². The lowest BCUT2D eigenvalue weighted by atomic mass is 9.92. The van der Waals surface area contributed by atoms with Crippen molar-refractivity contribution in [3.05, 3.63) is 46.8 Å². The average Bonchev–Trinajstić information content (AvgIpc) is 2.87. The van der Waals surface area contributed by atoms with E-state index in [4.69, 9.17) is 10.5 Å². The van der Waals surface area contributed by atoms with Gasteiger partial charge in [-0.25, -0.2) is 0 Å². The average molecular weight is 323 g/mol. The van der Waals surface area contributed by atoms with Crippen LogP contribution >= 0.6 is 0 Å². The highest BCUT2D eigenvalue weighted by atomic mass is 16.5. The Labute approximate surface area is 139 Å². The SMILES string of the molecule is CN1C(=O)Cc2cc(-c3cnc(C(N)=O)c4c3COCC4)ccc21. The lowest BCUT2D eigenvalue weighted by Gasteiger charge is -2.21. The predicted molar refractivity (Wildman–Crippen MR) is 88.7 cm³/mol. The zero-order valence-corrected chi connectivity index (χ0v) is 13.3. The third-order valence-electron chi connectivity index (χ3n) is 4.74. The number of aromatic nitrogens is 1. The van der Waals surface area contributed by atoms with Gasteiger partial charge < -0.3 is 15.4 Å². The van der Waals surface area contributed by atoms with Gasteiger partial charge in [-0.1, -0.05) is 6.07 Å². The monoisotopic (exact) mass is 323 g/mol. The number of fused-ring (bicyclic) bond motifs is 2. The fourth-order valence-electron chi connectivity index (χ4n) is 3.47. The molecule has 1 aromatic heterocycles. The zero-order valence-electron chi connectivity index (χ0n) is 13.3. The van der Waals surface area contributed by atoms with Crippen LogP contribution in [0.15, 0.2) is 24.4 Å². The van der Waals surface area contributed by atoms with Crippen LogP contribution < -0.4 is 10.6 Å². The Kier molecular flexibility index (Phi) is 3.35. The molecular formula is C18H17N3O3. The van der Waals surface area contributed by atoms with Crippen LogP contribution in [0.4, 0.5) is 5.69 Å². The Morgan fingerprint density at radius 1 is 1.33 bits per heavy atom. The van der Waals surface area contributed by atoms with Gasteiger partial charge in [0.1, 0.15) is 5.69 Å². The summed E-state index contributed by atoms with van der Waals surface area (Å²) in [5.74, 6) is -0.421. The van der Waals surface area contributed by atoms with Crippen molar-refractivity contribution in [2.24, 2.45) is 5.73 Å². The highest BCUT2D eigenvalue weighted by Gasteiger charge is 2.26. The van der Waals surface area contributed by atoms with E-state index in [0.29, 0.717) is 31.7 Å². The van der Waals surface area contributed by atoms with Gasteiger partial charge in [0.2, 0.25) is 5.91 Å². The van der Waals surface area contributed by atoms with Crippen LogP contribution in [0, 0.1) is 0 Å². The number of benzene rings is 1. The van der Waals surface area contributed by atoms with Crippen molar-refractivity contribution in [1.82, 2.24) is 4.98 Å². The zero-order chi connectivity index (χ0) is 16.8. The maximum Gasteiger partial charge on any atom is 0.267 e. The van der Waals surface area contributed by atoms with Gasteiger partial charge >= 0.3 is 0 Å². The number of carbonyl (C=O) groups excluding carboxylic acids is 2. The van der Waals surface area contributed by atoms with Crippen LogP contribution in [-0.2, 0) is 29.0 Å². The van der Waals surface area contributed by atoms with E-state index in [1.54, 1.807) is 18.1 Å². The summed E-state index contributed by atoms with van der Waals surface area (Å²) in [7, 11) is 1.78. The molecule has 0 unspecified atom stereocenters. The van der Waals surface area contributed by atoms with E-state index in [-0.39, 0.29) is 5.91 Å². The fraction of sp³-hybridized carbons (Fsp3) is 0.278. The molecule has 0 fully saturated rings. The standard InChI is InChI=1S/C18H17N3O3/c1-21-15-3-2-10(6-11(15)7-16(21)22)13-8-20-17(18(19)23)12-4-5-24-9-14(12)13/h2-3,6,8H,4-5,7,9H2,1H3,(H2,19,23). The summed E-state index contributed by atoms with van der Waals surface area (Å²) < 4.78 is 5.58. The van der Waals surface area contributed by atoms with Crippen LogP contribution in [0.25, 0.3) is 11.1 Å². The minimum absolute atomic E-state index is 0.0923. The summed E-state index contributed by atoms with van der Waals surface area (Å²) in [4.78, 5) is 29.5. The number of ether oxygens (including phenoxy) is 1. The van der Waals surface area contributed by atoms with Gasteiger partial charge in [0.15, 0.2) is 0 Å². The van der Waals surface area contributed by atoms with Crippen molar-refractivity contribution in [2.45, 2.75) is 19.4 Å². The molecule has 1 aromatic carbocycles. The number of nitrogens with zero attached hydrogens (tertiary/aromatic N) is 2. The van der Waals surface area contributed by atoms with Gasteiger partial charge in [-0.15, -0.1) is 0 Å². The predicted octanol–water partition coefficient (Wildman–Crippen LogP) is 1.44. The van der Waals surface area contributed by atoms with Crippen molar-refractivity contribution in [1.29, 1.82) is 0 Å². The number of nitrogens with two attached hydrogens (primary N) is 1. The van der Waals surface area contributed by atoms with Gasteiger partial charge in [-0.2, -0.15) is 0 Å². The molecule has 0 aliphatic carbocycles. The maximum absolute atomic E-state index is 11.9. The molecule has 2 N–H and O–H groups in total. The lowest BCUT2D eigenvalue weighted by molar-refractivity contribution is -0.117. The molecule has 6 heteroatoms.